The molecule has 356 valence electrons. The Kier molecular flexibility index (Phi) is 39.8. The third-order valence-electron chi connectivity index (χ3n) is 12.6. The number of amides is 1. The highest BCUT2D eigenvalue weighted by Gasteiger charge is 2.44. The van der Waals surface area contributed by atoms with E-state index in [9.17, 15) is 30.3 Å². The van der Waals surface area contributed by atoms with Crippen LogP contribution in [0.15, 0.2) is 12.2 Å². The minimum Gasteiger partial charge on any atom is -0.394 e. The first-order valence-electron chi connectivity index (χ1n) is 25.9. The van der Waals surface area contributed by atoms with Gasteiger partial charge in [0.25, 0.3) is 0 Å². The van der Waals surface area contributed by atoms with Gasteiger partial charge >= 0.3 is 0 Å². The zero-order chi connectivity index (χ0) is 43.7. The molecule has 6 N–H and O–H groups in total. The molecular weight excluding hydrogens is 755 g/mol. The maximum Gasteiger partial charge on any atom is 0.220 e. The van der Waals surface area contributed by atoms with Crippen molar-refractivity contribution in [3.63, 3.8) is 0 Å². The van der Waals surface area contributed by atoms with Gasteiger partial charge in [-0.05, 0) is 19.3 Å². The summed E-state index contributed by atoms with van der Waals surface area (Å²) in [7, 11) is 0. The van der Waals surface area contributed by atoms with Gasteiger partial charge in [-0.15, -0.1) is 0 Å². The maximum atomic E-state index is 13.0. The average Bonchev–Trinajstić information content (AvgIpc) is 3.25. The lowest BCUT2D eigenvalue weighted by molar-refractivity contribution is -0.302. The standard InChI is InChI=1S/C51H99NO8/c1-3-5-7-9-11-13-15-17-19-20-21-22-23-24-25-26-27-29-31-33-35-37-39-41-47(55)52-44(43-59-51-50(58)49(57)48(56)46(42-53)60-51)45(54)40-38-36-34-32-30-28-18-16-14-12-10-8-6-4-2/h38,40,44-46,48-51,53-54,56-58H,3-37,39,41-43H2,1-2H3,(H,52,55)/b40-38+. The van der Waals surface area contributed by atoms with E-state index in [4.69, 9.17) is 9.47 Å². The Morgan fingerprint density at radius 2 is 0.917 bits per heavy atom. The average molecular weight is 854 g/mol. The van der Waals surface area contributed by atoms with Gasteiger partial charge in [0, 0.05) is 6.42 Å². The summed E-state index contributed by atoms with van der Waals surface area (Å²) in [5, 5.41) is 54.3. The molecule has 0 aliphatic carbocycles. The number of carbonyl (C=O) groups excluding carboxylic acids is 1. The molecule has 0 aromatic carbocycles. The first kappa shape index (κ1) is 56.9. The van der Waals surface area contributed by atoms with Gasteiger partial charge in [-0.25, -0.2) is 0 Å². The van der Waals surface area contributed by atoms with Crippen molar-refractivity contribution in [2.24, 2.45) is 0 Å². The lowest BCUT2D eigenvalue weighted by Crippen LogP contribution is -2.60. The first-order chi connectivity index (χ1) is 29.3. The van der Waals surface area contributed by atoms with Crippen molar-refractivity contribution in [3.05, 3.63) is 12.2 Å². The van der Waals surface area contributed by atoms with Crippen LogP contribution in [0.2, 0.25) is 0 Å². The summed E-state index contributed by atoms with van der Waals surface area (Å²) < 4.78 is 11.2. The van der Waals surface area contributed by atoms with Crippen molar-refractivity contribution in [2.75, 3.05) is 13.2 Å². The third-order valence-corrected chi connectivity index (χ3v) is 12.6. The molecule has 7 atom stereocenters. The van der Waals surface area contributed by atoms with Gasteiger partial charge in [-0.1, -0.05) is 238 Å². The van der Waals surface area contributed by atoms with Gasteiger partial charge in [0.2, 0.25) is 5.91 Å². The second kappa shape index (κ2) is 41.9. The molecule has 9 heteroatoms. The maximum absolute atomic E-state index is 13.0. The van der Waals surface area contributed by atoms with Crippen molar-refractivity contribution in [2.45, 2.75) is 294 Å². The Hall–Kier alpha value is -1.07. The molecule has 7 unspecified atom stereocenters. The molecule has 0 saturated carbocycles. The normalized spacial score (nSPS) is 20.6. The number of carbonyl (C=O) groups is 1. The highest BCUT2D eigenvalue weighted by molar-refractivity contribution is 5.76. The topological polar surface area (TPSA) is 149 Å². The van der Waals surface area contributed by atoms with E-state index < -0.39 is 49.5 Å². The third kappa shape index (κ3) is 31.7. The molecular formula is C51H99NO8. The number of ether oxygens (including phenoxy) is 2. The predicted octanol–water partition coefficient (Wildman–Crippen LogP) is 11.7. The van der Waals surface area contributed by atoms with E-state index in [0.717, 1.165) is 38.5 Å². The molecule has 1 rings (SSSR count). The summed E-state index contributed by atoms with van der Waals surface area (Å²) in [4.78, 5) is 13.0. The Labute approximate surface area is 369 Å². The largest absolute Gasteiger partial charge is 0.394 e. The lowest BCUT2D eigenvalue weighted by Gasteiger charge is -2.40. The van der Waals surface area contributed by atoms with E-state index in [1.807, 2.05) is 6.08 Å². The van der Waals surface area contributed by atoms with Gasteiger partial charge in [0.05, 0.1) is 25.4 Å². The van der Waals surface area contributed by atoms with E-state index in [2.05, 4.69) is 19.2 Å². The number of rotatable bonds is 44. The predicted molar refractivity (Wildman–Crippen MR) is 249 cm³/mol. The van der Waals surface area contributed by atoms with E-state index in [0.29, 0.717) is 6.42 Å². The van der Waals surface area contributed by atoms with E-state index in [-0.39, 0.29) is 12.5 Å². The summed E-state index contributed by atoms with van der Waals surface area (Å²) >= 11 is 0. The number of aliphatic hydroxyl groups is 5. The summed E-state index contributed by atoms with van der Waals surface area (Å²) in [5.74, 6) is -0.172. The molecule has 1 aliphatic rings. The van der Waals surface area contributed by atoms with E-state index in [1.165, 1.54) is 193 Å². The van der Waals surface area contributed by atoms with Crippen molar-refractivity contribution < 1.29 is 39.8 Å². The van der Waals surface area contributed by atoms with Crippen LogP contribution < -0.4 is 5.32 Å². The summed E-state index contributed by atoms with van der Waals surface area (Å²) in [5.41, 5.74) is 0. The van der Waals surface area contributed by atoms with Crippen molar-refractivity contribution in [3.8, 4) is 0 Å². The molecule has 0 bridgehead atoms. The second-order valence-corrected chi connectivity index (χ2v) is 18.3. The van der Waals surface area contributed by atoms with Crippen molar-refractivity contribution >= 4 is 5.91 Å². The summed E-state index contributed by atoms with van der Waals surface area (Å²) in [6, 6.07) is -0.798. The molecule has 9 nitrogen and oxygen atoms in total. The molecule has 1 saturated heterocycles. The molecule has 1 fully saturated rings. The van der Waals surface area contributed by atoms with Gasteiger partial charge < -0.3 is 40.3 Å². The second-order valence-electron chi connectivity index (χ2n) is 18.3. The number of aliphatic hydroxyl groups excluding tert-OH is 5. The fourth-order valence-electron chi connectivity index (χ4n) is 8.45. The smallest absolute Gasteiger partial charge is 0.220 e. The lowest BCUT2D eigenvalue weighted by atomic mass is 9.99. The van der Waals surface area contributed by atoms with Crippen molar-refractivity contribution in [1.29, 1.82) is 0 Å². The molecule has 1 amide bonds. The van der Waals surface area contributed by atoms with Gasteiger partial charge in [-0.3, -0.25) is 4.79 Å². The number of hydrogen-bond donors (Lipinski definition) is 6. The Morgan fingerprint density at radius 1 is 0.550 bits per heavy atom. The zero-order valence-electron chi connectivity index (χ0n) is 39.2. The number of unbranched alkanes of at least 4 members (excludes halogenated alkanes) is 34. The minimum atomic E-state index is -1.56. The summed E-state index contributed by atoms with van der Waals surface area (Å²) in [6.07, 6.45) is 42.6. The van der Waals surface area contributed by atoms with Gasteiger partial charge in [-0.2, -0.15) is 0 Å². The molecule has 0 spiro atoms. The number of nitrogens with one attached hydrogen (secondary N) is 1. The molecule has 0 aromatic rings. The van der Waals surface area contributed by atoms with Crippen LogP contribution >= 0.6 is 0 Å². The highest BCUT2D eigenvalue weighted by atomic mass is 16.7. The van der Waals surface area contributed by atoms with E-state index >= 15 is 0 Å². The van der Waals surface area contributed by atoms with Crippen LogP contribution in [0.1, 0.15) is 251 Å². The Morgan fingerprint density at radius 3 is 1.30 bits per heavy atom. The van der Waals surface area contributed by atoms with E-state index in [1.54, 1.807) is 6.08 Å². The number of hydrogen-bond acceptors (Lipinski definition) is 8. The van der Waals surface area contributed by atoms with Crippen LogP contribution in [-0.4, -0.2) is 87.5 Å². The molecule has 0 radical (unpaired) electrons. The van der Waals surface area contributed by atoms with Crippen LogP contribution in [0.4, 0.5) is 0 Å². The van der Waals surface area contributed by atoms with Crippen LogP contribution in [-0.2, 0) is 14.3 Å². The van der Waals surface area contributed by atoms with Crippen molar-refractivity contribution in [1.82, 2.24) is 5.32 Å². The van der Waals surface area contributed by atoms with Crippen LogP contribution in [0.25, 0.3) is 0 Å². The van der Waals surface area contributed by atoms with Crippen LogP contribution in [0.3, 0.4) is 0 Å². The highest BCUT2D eigenvalue weighted by Crippen LogP contribution is 2.23. The fraction of sp³-hybridized carbons (Fsp3) is 0.941. The molecule has 1 heterocycles. The fourth-order valence-corrected chi connectivity index (χ4v) is 8.45. The zero-order valence-corrected chi connectivity index (χ0v) is 39.2. The van der Waals surface area contributed by atoms with Crippen LogP contribution in [0, 0.1) is 0 Å². The number of allylic oxidation sites excluding steroid dienone is 1. The minimum absolute atomic E-state index is 0.172. The SMILES string of the molecule is CCCCCCCCCCCCCC/C=C/C(O)C(COC1OC(CO)C(O)C(O)C1O)NC(=O)CCCCCCCCCCCCCCCCCCCCCCCCC. The van der Waals surface area contributed by atoms with Gasteiger partial charge in [0.1, 0.15) is 24.4 Å². The molecule has 1 aliphatic heterocycles. The Bertz CT molecular complexity index is 950. The Balaban J connectivity index is 2.24. The molecule has 0 aromatic heterocycles. The molecule has 60 heavy (non-hydrogen) atoms. The summed E-state index contributed by atoms with van der Waals surface area (Å²) in [6.45, 7) is 3.80. The van der Waals surface area contributed by atoms with Gasteiger partial charge in [0.15, 0.2) is 6.29 Å². The quantitative estimate of drug-likeness (QED) is 0.0262. The van der Waals surface area contributed by atoms with Crippen LogP contribution in [0.5, 0.6) is 0 Å². The first-order valence-corrected chi connectivity index (χ1v) is 25.9. The monoisotopic (exact) mass is 854 g/mol.